The van der Waals surface area contributed by atoms with Crippen molar-refractivity contribution >= 4 is 21.8 Å². The summed E-state index contributed by atoms with van der Waals surface area (Å²) in [4.78, 5) is 11.7. The Bertz CT molecular complexity index is 455. The molecular formula is C15H21BrN2O. The molecule has 1 atom stereocenters. The molecule has 104 valence electrons. The maximum atomic E-state index is 11.7. The molecule has 1 saturated carbocycles. The monoisotopic (exact) mass is 324 g/mol. The van der Waals surface area contributed by atoms with E-state index in [4.69, 9.17) is 5.73 Å². The lowest BCUT2D eigenvalue weighted by molar-refractivity contribution is -0.120. The summed E-state index contributed by atoms with van der Waals surface area (Å²) in [6, 6.07) is 5.99. The van der Waals surface area contributed by atoms with Gasteiger partial charge in [-0.15, -0.1) is 0 Å². The van der Waals surface area contributed by atoms with Gasteiger partial charge >= 0.3 is 0 Å². The van der Waals surface area contributed by atoms with Gasteiger partial charge in [0.25, 0.3) is 0 Å². The number of hydrogen-bond acceptors (Lipinski definition) is 2. The van der Waals surface area contributed by atoms with Crippen molar-refractivity contribution in [2.75, 3.05) is 0 Å². The maximum absolute atomic E-state index is 11.7. The van der Waals surface area contributed by atoms with E-state index in [9.17, 15) is 4.79 Å². The number of carbonyl (C=O) groups is 1. The Kier molecular flexibility index (Phi) is 4.99. The molecule has 1 fully saturated rings. The molecule has 0 aromatic heterocycles. The molecule has 0 bridgehead atoms. The molecule has 1 aliphatic rings. The van der Waals surface area contributed by atoms with Crippen molar-refractivity contribution in [3.05, 3.63) is 33.8 Å². The molecule has 3 N–H and O–H groups in total. The van der Waals surface area contributed by atoms with Crippen LogP contribution in [0.4, 0.5) is 0 Å². The maximum Gasteiger partial charge on any atom is 0.239 e. The molecule has 0 aliphatic heterocycles. The zero-order chi connectivity index (χ0) is 13.8. The van der Waals surface area contributed by atoms with Gasteiger partial charge in [0.05, 0.1) is 0 Å². The first kappa shape index (κ1) is 14.5. The fraction of sp³-hybridized carbons (Fsp3) is 0.533. The van der Waals surface area contributed by atoms with E-state index in [1.165, 1.54) is 19.3 Å². The number of primary amides is 1. The Balaban J connectivity index is 2.14. The number of aryl methyl sites for hydroxylation is 1. The molecule has 0 saturated heterocycles. The van der Waals surface area contributed by atoms with Gasteiger partial charge in [-0.25, -0.2) is 0 Å². The van der Waals surface area contributed by atoms with Crippen molar-refractivity contribution in [3.63, 3.8) is 0 Å². The topological polar surface area (TPSA) is 55.1 Å². The molecule has 1 aliphatic carbocycles. The molecule has 0 radical (unpaired) electrons. The van der Waals surface area contributed by atoms with Gasteiger partial charge in [0.1, 0.15) is 6.04 Å². The number of nitrogens with one attached hydrogen (secondary N) is 1. The molecule has 1 aromatic carbocycles. The summed E-state index contributed by atoms with van der Waals surface area (Å²) in [5, 5.41) is 3.43. The van der Waals surface area contributed by atoms with E-state index in [1.807, 2.05) is 25.1 Å². The van der Waals surface area contributed by atoms with Crippen LogP contribution in [-0.4, -0.2) is 11.9 Å². The van der Waals surface area contributed by atoms with Crippen LogP contribution in [0.2, 0.25) is 0 Å². The minimum atomic E-state index is -0.380. The summed E-state index contributed by atoms with van der Waals surface area (Å²) in [6.45, 7) is 2.02. The Morgan fingerprint density at radius 3 is 2.63 bits per heavy atom. The number of nitrogens with two attached hydrogens (primary N) is 1. The van der Waals surface area contributed by atoms with E-state index < -0.39 is 0 Å². The summed E-state index contributed by atoms with van der Waals surface area (Å²) in [5.74, 6) is -0.299. The average Bonchev–Trinajstić information content (AvgIpc) is 2.40. The van der Waals surface area contributed by atoms with E-state index in [1.54, 1.807) is 0 Å². The predicted octanol–water partition coefficient (Wildman–Crippen LogP) is 3.21. The van der Waals surface area contributed by atoms with Gasteiger partial charge in [-0.3, -0.25) is 10.1 Å². The van der Waals surface area contributed by atoms with Crippen molar-refractivity contribution in [1.82, 2.24) is 5.32 Å². The quantitative estimate of drug-likeness (QED) is 0.893. The first-order valence-corrected chi connectivity index (χ1v) is 7.68. The van der Waals surface area contributed by atoms with Gasteiger partial charge in [0.15, 0.2) is 0 Å². The highest BCUT2D eigenvalue weighted by molar-refractivity contribution is 9.10. The van der Waals surface area contributed by atoms with Crippen molar-refractivity contribution in [3.8, 4) is 0 Å². The van der Waals surface area contributed by atoms with Crippen molar-refractivity contribution < 1.29 is 4.79 Å². The molecule has 2 rings (SSSR count). The summed E-state index contributed by atoms with van der Waals surface area (Å²) >= 11 is 3.48. The highest BCUT2D eigenvalue weighted by Crippen LogP contribution is 2.24. The molecule has 3 nitrogen and oxygen atoms in total. The molecule has 1 amide bonds. The standard InChI is InChI=1S/C15H21BrN2O/c1-10-9-11(7-8-13(10)16)14(15(17)19)18-12-5-3-2-4-6-12/h7-9,12,14,18H,2-6H2,1H3,(H2,17,19). The first-order valence-electron chi connectivity index (χ1n) is 6.89. The molecule has 1 unspecified atom stereocenters. The second kappa shape index (κ2) is 6.53. The van der Waals surface area contributed by atoms with E-state index in [0.717, 1.165) is 28.4 Å². The summed E-state index contributed by atoms with van der Waals surface area (Å²) in [5.41, 5.74) is 7.64. The normalized spacial score (nSPS) is 18.2. The predicted molar refractivity (Wildman–Crippen MR) is 80.8 cm³/mol. The van der Waals surface area contributed by atoms with Gasteiger partial charge < -0.3 is 5.73 Å². The van der Waals surface area contributed by atoms with Crippen LogP contribution < -0.4 is 11.1 Å². The Morgan fingerprint density at radius 1 is 1.37 bits per heavy atom. The van der Waals surface area contributed by atoms with Crippen LogP contribution in [0, 0.1) is 6.92 Å². The lowest BCUT2D eigenvalue weighted by atomic mass is 9.93. The highest BCUT2D eigenvalue weighted by Gasteiger charge is 2.23. The Labute approximate surface area is 123 Å². The second-order valence-electron chi connectivity index (χ2n) is 5.35. The van der Waals surface area contributed by atoms with E-state index in [0.29, 0.717) is 6.04 Å². The lowest BCUT2D eigenvalue weighted by Gasteiger charge is -2.27. The fourth-order valence-corrected chi connectivity index (χ4v) is 2.94. The summed E-state index contributed by atoms with van der Waals surface area (Å²) < 4.78 is 1.05. The molecule has 1 aromatic rings. The number of benzene rings is 1. The summed E-state index contributed by atoms with van der Waals surface area (Å²) in [7, 11) is 0. The molecule has 4 heteroatoms. The van der Waals surface area contributed by atoms with Crippen LogP contribution in [0.1, 0.15) is 49.3 Å². The lowest BCUT2D eigenvalue weighted by Crippen LogP contribution is -2.41. The first-order chi connectivity index (χ1) is 9.08. The SMILES string of the molecule is Cc1cc(C(NC2CCCCC2)C(N)=O)ccc1Br. The largest absolute Gasteiger partial charge is 0.368 e. The van der Waals surface area contributed by atoms with Crippen LogP contribution in [0.5, 0.6) is 0 Å². The molecule has 19 heavy (non-hydrogen) atoms. The Morgan fingerprint density at radius 2 is 2.05 bits per heavy atom. The number of amides is 1. The molecule has 0 spiro atoms. The number of rotatable bonds is 4. The van der Waals surface area contributed by atoms with Gasteiger partial charge in [-0.05, 0) is 37.0 Å². The van der Waals surface area contributed by atoms with E-state index in [2.05, 4.69) is 21.2 Å². The smallest absolute Gasteiger partial charge is 0.239 e. The van der Waals surface area contributed by atoms with Gasteiger partial charge in [-0.2, -0.15) is 0 Å². The fourth-order valence-electron chi connectivity index (χ4n) is 2.70. The Hall–Kier alpha value is -0.870. The van der Waals surface area contributed by atoms with Crippen LogP contribution in [0.3, 0.4) is 0 Å². The van der Waals surface area contributed by atoms with Crippen molar-refractivity contribution in [2.24, 2.45) is 5.73 Å². The minimum absolute atomic E-state index is 0.299. The zero-order valence-electron chi connectivity index (χ0n) is 11.3. The average molecular weight is 325 g/mol. The number of carbonyl (C=O) groups excluding carboxylic acids is 1. The third kappa shape index (κ3) is 3.80. The zero-order valence-corrected chi connectivity index (χ0v) is 12.9. The van der Waals surface area contributed by atoms with Crippen LogP contribution >= 0.6 is 15.9 Å². The number of hydrogen-bond donors (Lipinski definition) is 2. The van der Waals surface area contributed by atoms with Gasteiger partial charge in [0, 0.05) is 10.5 Å². The van der Waals surface area contributed by atoms with Crippen LogP contribution in [-0.2, 0) is 4.79 Å². The highest BCUT2D eigenvalue weighted by atomic mass is 79.9. The van der Waals surface area contributed by atoms with Gasteiger partial charge in [-0.1, -0.05) is 47.3 Å². The van der Waals surface area contributed by atoms with E-state index >= 15 is 0 Å². The molecular weight excluding hydrogens is 304 g/mol. The third-order valence-corrected chi connectivity index (χ3v) is 4.70. The minimum Gasteiger partial charge on any atom is -0.368 e. The third-order valence-electron chi connectivity index (χ3n) is 3.81. The molecule has 0 heterocycles. The summed E-state index contributed by atoms with van der Waals surface area (Å²) in [6.07, 6.45) is 6.06. The van der Waals surface area contributed by atoms with Crippen LogP contribution in [0.25, 0.3) is 0 Å². The van der Waals surface area contributed by atoms with Gasteiger partial charge in [0.2, 0.25) is 5.91 Å². The van der Waals surface area contributed by atoms with E-state index in [-0.39, 0.29) is 11.9 Å². The second-order valence-corrected chi connectivity index (χ2v) is 6.20. The number of halogens is 1. The van der Waals surface area contributed by atoms with Crippen LogP contribution in [0.15, 0.2) is 22.7 Å². The van der Waals surface area contributed by atoms with Crippen molar-refractivity contribution in [2.45, 2.75) is 51.1 Å². The van der Waals surface area contributed by atoms with Crippen molar-refractivity contribution in [1.29, 1.82) is 0 Å².